The number of ether oxygens (including phenoxy) is 1. The quantitative estimate of drug-likeness (QED) is 0.626. The third-order valence-electron chi connectivity index (χ3n) is 3.86. The number of rotatable bonds is 4. The monoisotopic (exact) mass is 275 g/mol. The zero-order chi connectivity index (χ0) is 14.5. The van der Waals surface area contributed by atoms with Crippen LogP contribution in [0.1, 0.15) is 35.7 Å². The van der Waals surface area contributed by atoms with Crippen LogP contribution >= 0.6 is 0 Å². The van der Waals surface area contributed by atoms with E-state index in [4.69, 9.17) is 4.74 Å². The van der Waals surface area contributed by atoms with Crippen molar-refractivity contribution in [1.82, 2.24) is 0 Å². The maximum absolute atomic E-state index is 11.7. The summed E-state index contributed by atoms with van der Waals surface area (Å²) in [5.41, 5.74) is 2.84. The van der Waals surface area contributed by atoms with Crippen molar-refractivity contribution < 1.29 is 14.3 Å². The molecule has 0 amide bonds. The highest BCUT2D eigenvalue weighted by Gasteiger charge is 2.26. The average Bonchev–Trinajstić information content (AvgIpc) is 2.47. The summed E-state index contributed by atoms with van der Waals surface area (Å²) >= 11 is 0. The number of carbonyl (C=O) groups excluding carboxylic acids is 2. The standard InChI is InChI=1S/C16H21NO3/c1-3-20-16(19)13-6-8-17(9-7-13)15-5-4-14(11-18)12(2)10-15/h4-5,10-11,13H,3,6-9H2,1-2H3. The van der Waals surface area contributed by atoms with Crippen molar-refractivity contribution in [2.24, 2.45) is 5.92 Å². The van der Waals surface area contributed by atoms with Crippen LogP contribution in [0.3, 0.4) is 0 Å². The summed E-state index contributed by atoms with van der Waals surface area (Å²) in [6.07, 6.45) is 2.53. The van der Waals surface area contributed by atoms with Crippen molar-refractivity contribution in [2.75, 3.05) is 24.6 Å². The van der Waals surface area contributed by atoms with Crippen LogP contribution in [0.25, 0.3) is 0 Å². The Morgan fingerprint density at radius 3 is 2.65 bits per heavy atom. The van der Waals surface area contributed by atoms with Gasteiger partial charge < -0.3 is 9.64 Å². The van der Waals surface area contributed by atoms with Crippen molar-refractivity contribution in [3.05, 3.63) is 29.3 Å². The number of piperidine rings is 1. The van der Waals surface area contributed by atoms with Gasteiger partial charge >= 0.3 is 5.97 Å². The molecule has 0 N–H and O–H groups in total. The molecule has 20 heavy (non-hydrogen) atoms. The van der Waals surface area contributed by atoms with Gasteiger partial charge in [-0.05, 0) is 50.5 Å². The maximum atomic E-state index is 11.7. The molecule has 0 aromatic heterocycles. The van der Waals surface area contributed by atoms with Gasteiger partial charge in [-0.2, -0.15) is 0 Å². The molecule has 1 fully saturated rings. The zero-order valence-corrected chi connectivity index (χ0v) is 12.1. The Morgan fingerprint density at radius 1 is 1.40 bits per heavy atom. The van der Waals surface area contributed by atoms with Crippen LogP contribution in [-0.4, -0.2) is 32.0 Å². The van der Waals surface area contributed by atoms with Gasteiger partial charge in [0.15, 0.2) is 0 Å². The molecular formula is C16H21NO3. The van der Waals surface area contributed by atoms with Crippen LogP contribution in [0.2, 0.25) is 0 Å². The Labute approximate surface area is 119 Å². The van der Waals surface area contributed by atoms with Crippen molar-refractivity contribution in [2.45, 2.75) is 26.7 Å². The fourth-order valence-corrected chi connectivity index (χ4v) is 2.62. The van der Waals surface area contributed by atoms with Gasteiger partial charge in [0, 0.05) is 24.3 Å². The van der Waals surface area contributed by atoms with Gasteiger partial charge in [0.05, 0.1) is 12.5 Å². The Morgan fingerprint density at radius 2 is 2.10 bits per heavy atom. The van der Waals surface area contributed by atoms with Gasteiger partial charge in [0.2, 0.25) is 0 Å². The number of nitrogens with zero attached hydrogens (tertiary/aromatic N) is 1. The molecule has 0 aliphatic carbocycles. The Bertz CT molecular complexity index is 490. The van der Waals surface area contributed by atoms with Gasteiger partial charge in [-0.25, -0.2) is 0 Å². The molecule has 0 bridgehead atoms. The summed E-state index contributed by atoms with van der Waals surface area (Å²) in [4.78, 5) is 24.8. The minimum absolute atomic E-state index is 0.0292. The number of aldehydes is 1. The number of anilines is 1. The number of carbonyl (C=O) groups is 2. The van der Waals surface area contributed by atoms with Crippen LogP contribution in [0.15, 0.2) is 18.2 Å². The molecule has 1 aromatic rings. The van der Waals surface area contributed by atoms with Crippen LogP contribution in [0.5, 0.6) is 0 Å². The van der Waals surface area contributed by atoms with Crippen LogP contribution in [-0.2, 0) is 9.53 Å². The molecule has 0 atom stereocenters. The number of hydrogen-bond acceptors (Lipinski definition) is 4. The highest BCUT2D eigenvalue weighted by atomic mass is 16.5. The highest BCUT2D eigenvalue weighted by Crippen LogP contribution is 2.25. The van der Waals surface area contributed by atoms with Crippen molar-refractivity contribution in [3.8, 4) is 0 Å². The van der Waals surface area contributed by atoms with Crippen LogP contribution in [0, 0.1) is 12.8 Å². The molecule has 0 radical (unpaired) electrons. The molecule has 4 heteroatoms. The second-order valence-electron chi connectivity index (χ2n) is 5.17. The molecule has 1 heterocycles. The lowest BCUT2D eigenvalue weighted by atomic mass is 9.96. The molecular weight excluding hydrogens is 254 g/mol. The smallest absolute Gasteiger partial charge is 0.309 e. The average molecular weight is 275 g/mol. The largest absolute Gasteiger partial charge is 0.466 e. The van der Waals surface area contributed by atoms with E-state index in [0.29, 0.717) is 6.61 Å². The first-order chi connectivity index (χ1) is 9.65. The first-order valence-corrected chi connectivity index (χ1v) is 7.13. The summed E-state index contributed by atoms with van der Waals surface area (Å²) < 4.78 is 5.08. The lowest BCUT2D eigenvalue weighted by Crippen LogP contribution is -2.37. The first kappa shape index (κ1) is 14.6. The second-order valence-corrected chi connectivity index (χ2v) is 5.17. The van der Waals surface area contributed by atoms with Gasteiger partial charge in [0.1, 0.15) is 6.29 Å². The molecule has 108 valence electrons. The fourth-order valence-electron chi connectivity index (χ4n) is 2.62. The zero-order valence-electron chi connectivity index (χ0n) is 12.1. The van der Waals surface area contributed by atoms with E-state index in [9.17, 15) is 9.59 Å². The maximum Gasteiger partial charge on any atom is 0.309 e. The van der Waals surface area contributed by atoms with E-state index in [-0.39, 0.29) is 11.9 Å². The first-order valence-electron chi connectivity index (χ1n) is 7.13. The molecule has 0 unspecified atom stereocenters. The Balaban J connectivity index is 1.98. The molecule has 4 nitrogen and oxygen atoms in total. The van der Waals surface area contributed by atoms with Crippen molar-refractivity contribution >= 4 is 17.9 Å². The normalized spacial score (nSPS) is 16.0. The topological polar surface area (TPSA) is 46.6 Å². The summed E-state index contributed by atoms with van der Waals surface area (Å²) in [6.45, 7) is 5.93. The van der Waals surface area contributed by atoms with Crippen molar-refractivity contribution in [3.63, 3.8) is 0 Å². The molecule has 1 aromatic carbocycles. The van der Waals surface area contributed by atoms with E-state index >= 15 is 0 Å². The molecule has 0 spiro atoms. The van der Waals surface area contributed by atoms with E-state index in [1.54, 1.807) is 0 Å². The molecule has 1 saturated heterocycles. The fraction of sp³-hybridized carbons (Fsp3) is 0.500. The summed E-state index contributed by atoms with van der Waals surface area (Å²) in [5.74, 6) is -0.0406. The third kappa shape index (κ3) is 3.18. The number of benzene rings is 1. The lowest BCUT2D eigenvalue weighted by Gasteiger charge is -2.32. The summed E-state index contributed by atoms with van der Waals surface area (Å²) in [7, 11) is 0. The van der Waals surface area contributed by atoms with Gasteiger partial charge in [-0.15, -0.1) is 0 Å². The number of hydrogen-bond donors (Lipinski definition) is 0. The van der Waals surface area contributed by atoms with E-state index < -0.39 is 0 Å². The van der Waals surface area contributed by atoms with E-state index in [2.05, 4.69) is 4.90 Å². The minimum atomic E-state index is -0.0698. The Hall–Kier alpha value is -1.84. The summed E-state index contributed by atoms with van der Waals surface area (Å²) in [5, 5.41) is 0. The molecule has 0 saturated carbocycles. The molecule has 1 aliphatic heterocycles. The number of aryl methyl sites for hydroxylation is 1. The van der Waals surface area contributed by atoms with E-state index in [1.807, 2.05) is 32.0 Å². The highest BCUT2D eigenvalue weighted by molar-refractivity contribution is 5.78. The minimum Gasteiger partial charge on any atom is -0.466 e. The van der Waals surface area contributed by atoms with Crippen molar-refractivity contribution in [1.29, 1.82) is 0 Å². The SMILES string of the molecule is CCOC(=O)C1CCN(c2ccc(C=O)c(C)c2)CC1. The van der Waals surface area contributed by atoms with Gasteiger partial charge in [-0.3, -0.25) is 9.59 Å². The lowest BCUT2D eigenvalue weighted by molar-refractivity contribution is -0.148. The van der Waals surface area contributed by atoms with Crippen LogP contribution in [0.4, 0.5) is 5.69 Å². The molecule has 2 rings (SSSR count). The Kier molecular flexibility index (Phi) is 4.77. The number of esters is 1. The van der Waals surface area contributed by atoms with Gasteiger partial charge in [-0.1, -0.05) is 0 Å². The predicted octanol–water partition coefficient (Wildman–Crippen LogP) is 2.59. The second kappa shape index (κ2) is 6.55. The van der Waals surface area contributed by atoms with E-state index in [1.165, 1.54) is 0 Å². The summed E-state index contributed by atoms with van der Waals surface area (Å²) in [6, 6.07) is 5.87. The van der Waals surface area contributed by atoms with Gasteiger partial charge in [0.25, 0.3) is 0 Å². The van der Waals surface area contributed by atoms with E-state index in [0.717, 1.165) is 49.0 Å². The third-order valence-corrected chi connectivity index (χ3v) is 3.86. The van der Waals surface area contributed by atoms with Crippen LogP contribution < -0.4 is 4.90 Å². The predicted molar refractivity (Wildman–Crippen MR) is 78.1 cm³/mol. The molecule has 1 aliphatic rings.